The van der Waals surface area contributed by atoms with Crippen LogP contribution in [0.1, 0.15) is 23.1 Å². The minimum Gasteiger partial charge on any atom is -0.491 e. The van der Waals surface area contributed by atoms with Gasteiger partial charge in [0.05, 0.1) is 11.7 Å². The summed E-state index contributed by atoms with van der Waals surface area (Å²) in [7, 11) is 0. The zero-order valence-electron chi connectivity index (χ0n) is 10.1. The molecule has 2 N–H and O–H groups in total. The van der Waals surface area contributed by atoms with Gasteiger partial charge in [-0.3, -0.25) is 0 Å². The van der Waals surface area contributed by atoms with Gasteiger partial charge >= 0.3 is 0 Å². The summed E-state index contributed by atoms with van der Waals surface area (Å²) in [5.41, 5.74) is 7.75. The lowest BCUT2D eigenvalue weighted by molar-refractivity contribution is 0.247. The SMILES string of the molecule is Cc1cc(COc2ccc3c(c2)OCC3N)on1. The minimum absolute atomic E-state index is 0.0361. The fraction of sp³-hybridized carbons (Fsp3) is 0.308. The van der Waals surface area contributed by atoms with Gasteiger partial charge in [0.15, 0.2) is 5.76 Å². The Hall–Kier alpha value is -2.01. The highest BCUT2D eigenvalue weighted by Crippen LogP contribution is 2.34. The summed E-state index contributed by atoms with van der Waals surface area (Å²) in [6.07, 6.45) is 0. The van der Waals surface area contributed by atoms with Crippen molar-refractivity contribution in [2.45, 2.75) is 19.6 Å². The quantitative estimate of drug-likeness (QED) is 0.896. The summed E-state index contributed by atoms with van der Waals surface area (Å²) in [6.45, 7) is 2.75. The number of hydrogen-bond acceptors (Lipinski definition) is 5. The van der Waals surface area contributed by atoms with Crippen molar-refractivity contribution in [2.75, 3.05) is 6.61 Å². The van der Waals surface area contributed by atoms with Gasteiger partial charge in [-0.05, 0) is 19.1 Å². The molecular weight excluding hydrogens is 232 g/mol. The molecule has 1 aromatic carbocycles. The summed E-state index contributed by atoms with van der Waals surface area (Å²) in [5, 5.41) is 3.80. The molecule has 1 aromatic heterocycles. The fourth-order valence-corrected chi connectivity index (χ4v) is 1.94. The Morgan fingerprint density at radius 1 is 1.44 bits per heavy atom. The molecule has 0 saturated heterocycles. The van der Waals surface area contributed by atoms with E-state index in [9.17, 15) is 0 Å². The van der Waals surface area contributed by atoms with Crippen LogP contribution in [0.25, 0.3) is 0 Å². The van der Waals surface area contributed by atoms with Crippen molar-refractivity contribution in [2.24, 2.45) is 5.73 Å². The third-order valence-corrected chi connectivity index (χ3v) is 2.86. The van der Waals surface area contributed by atoms with Crippen molar-refractivity contribution < 1.29 is 14.0 Å². The highest BCUT2D eigenvalue weighted by Gasteiger charge is 2.20. The van der Waals surface area contributed by atoms with Crippen LogP contribution >= 0.6 is 0 Å². The summed E-state index contributed by atoms with van der Waals surface area (Å²) in [5.74, 6) is 2.23. The molecule has 1 aliphatic heterocycles. The zero-order chi connectivity index (χ0) is 12.5. The third-order valence-electron chi connectivity index (χ3n) is 2.86. The molecule has 0 bridgehead atoms. The molecule has 5 heteroatoms. The van der Waals surface area contributed by atoms with Gasteiger partial charge in [0.2, 0.25) is 0 Å². The van der Waals surface area contributed by atoms with Gasteiger partial charge in [-0.2, -0.15) is 0 Å². The van der Waals surface area contributed by atoms with E-state index in [-0.39, 0.29) is 6.04 Å². The molecule has 0 amide bonds. The largest absolute Gasteiger partial charge is 0.491 e. The molecule has 3 rings (SSSR count). The van der Waals surface area contributed by atoms with E-state index in [0.29, 0.717) is 19.0 Å². The van der Waals surface area contributed by atoms with Gasteiger partial charge in [-0.1, -0.05) is 5.16 Å². The number of hydrogen-bond donors (Lipinski definition) is 1. The van der Waals surface area contributed by atoms with Gasteiger partial charge in [0.1, 0.15) is 24.7 Å². The molecule has 0 fully saturated rings. The maximum Gasteiger partial charge on any atom is 0.174 e. The molecule has 5 nitrogen and oxygen atoms in total. The van der Waals surface area contributed by atoms with E-state index in [1.54, 1.807) is 0 Å². The molecule has 18 heavy (non-hydrogen) atoms. The first-order valence-corrected chi connectivity index (χ1v) is 5.80. The molecule has 1 atom stereocenters. The standard InChI is InChI=1S/C13H14N2O3/c1-8-4-10(18-15-8)6-16-9-2-3-11-12(14)7-17-13(11)5-9/h2-5,12H,6-7,14H2,1H3. The first-order valence-electron chi connectivity index (χ1n) is 5.80. The van der Waals surface area contributed by atoms with Crippen LogP contribution in [0.3, 0.4) is 0 Å². The molecule has 2 heterocycles. The summed E-state index contributed by atoms with van der Waals surface area (Å²) >= 11 is 0. The van der Waals surface area contributed by atoms with Crippen LogP contribution in [0.2, 0.25) is 0 Å². The Morgan fingerprint density at radius 2 is 2.33 bits per heavy atom. The van der Waals surface area contributed by atoms with Crippen molar-refractivity contribution in [1.82, 2.24) is 5.16 Å². The number of nitrogens with two attached hydrogens (primary N) is 1. The van der Waals surface area contributed by atoms with Crippen LogP contribution in [-0.4, -0.2) is 11.8 Å². The van der Waals surface area contributed by atoms with Crippen LogP contribution < -0.4 is 15.2 Å². The highest BCUT2D eigenvalue weighted by molar-refractivity contribution is 5.44. The maximum atomic E-state index is 5.88. The third kappa shape index (κ3) is 2.04. The number of nitrogens with zero attached hydrogens (tertiary/aromatic N) is 1. The van der Waals surface area contributed by atoms with Gasteiger partial charge in [-0.25, -0.2) is 0 Å². The van der Waals surface area contributed by atoms with E-state index >= 15 is 0 Å². The van der Waals surface area contributed by atoms with Crippen LogP contribution in [0.15, 0.2) is 28.8 Å². The first-order chi connectivity index (χ1) is 8.72. The lowest BCUT2D eigenvalue weighted by atomic mass is 10.1. The number of benzene rings is 1. The Morgan fingerprint density at radius 3 is 3.11 bits per heavy atom. The fourth-order valence-electron chi connectivity index (χ4n) is 1.94. The number of ether oxygens (including phenoxy) is 2. The smallest absolute Gasteiger partial charge is 0.174 e. The Labute approximate surface area is 104 Å². The second kappa shape index (κ2) is 4.34. The molecule has 1 unspecified atom stereocenters. The van der Waals surface area contributed by atoms with E-state index in [2.05, 4.69) is 5.16 Å². The van der Waals surface area contributed by atoms with E-state index in [1.807, 2.05) is 31.2 Å². The lowest BCUT2D eigenvalue weighted by Crippen LogP contribution is -2.10. The second-order valence-corrected chi connectivity index (χ2v) is 4.34. The number of aromatic nitrogens is 1. The Bertz CT molecular complexity index is 565. The normalized spacial score (nSPS) is 17.3. The van der Waals surface area contributed by atoms with Crippen LogP contribution in [0.4, 0.5) is 0 Å². The predicted octanol–water partition coefficient (Wildman–Crippen LogP) is 1.95. The van der Waals surface area contributed by atoms with Gasteiger partial charge < -0.3 is 19.7 Å². The highest BCUT2D eigenvalue weighted by atomic mass is 16.5. The van der Waals surface area contributed by atoms with E-state index in [4.69, 9.17) is 19.7 Å². The molecule has 0 saturated carbocycles. The molecule has 0 aliphatic carbocycles. The average Bonchev–Trinajstić information content (AvgIpc) is 2.94. The van der Waals surface area contributed by atoms with Crippen LogP contribution in [0, 0.1) is 6.92 Å². The predicted molar refractivity (Wildman–Crippen MR) is 64.4 cm³/mol. The molecule has 2 aromatic rings. The zero-order valence-corrected chi connectivity index (χ0v) is 10.1. The van der Waals surface area contributed by atoms with Gasteiger partial charge in [0.25, 0.3) is 0 Å². The van der Waals surface area contributed by atoms with Crippen molar-refractivity contribution >= 4 is 0 Å². The number of rotatable bonds is 3. The summed E-state index contributed by atoms with van der Waals surface area (Å²) < 4.78 is 16.1. The first kappa shape index (κ1) is 11.1. The molecule has 0 radical (unpaired) electrons. The Kier molecular flexibility index (Phi) is 2.68. The monoisotopic (exact) mass is 246 g/mol. The average molecular weight is 246 g/mol. The van der Waals surface area contributed by atoms with Crippen molar-refractivity contribution in [3.8, 4) is 11.5 Å². The van der Waals surface area contributed by atoms with Crippen molar-refractivity contribution in [3.63, 3.8) is 0 Å². The minimum atomic E-state index is -0.0361. The maximum absolute atomic E-state index is 5.88. The van der Waals surface area contributed by atoms with Crippen molar-refractivity contribution in [1.29, 1.82) is 0 Å². The topological polar surface area (TPSA) is 70.5 Å². The molecular formula is C13H14N2O3. The van der Waals surface area contributed by atoms with Gasteiger partial charge in [-0.15, -0.1) is 0 Å². The lowest BCUT2D eigenvalue weighted by Gasteiger charge is -2.06. The number of fused-ring (bicyclic) bond motifs is 1. The van der Waals surface area contributed by atoms with Gasteiger partial charge in [0, 0.05) is 17.7 Å². The number of aryl methyl sites for hydroxylation is 1. The van der Waals surface area contributed by atoms with Crippen molar-refractivity contribution in [3.05, 3.63) is 41.3 Å². The summed E-state index contributed by atoms with van der Waals surface area (Å²) in [6, 6.07) is 7.49. The molecule has 0 spiro atoms. The Balaban J connectivity index is 1.70. The molecule has 1 aliphatic rings. The second-order valence-electron chi connectivity index (χ2n) is 4.34. The summed E-state index contributed by atoms with van der Waals surface area (Å²) in [4.78, 5) is 0. The molecule has 94 valence electrons. The van der Waals surface area contributed by atoms with E-state index < -0.39 is 0 Å². The van der Waals surface area contributed by atoms with Crippen LogP contribution in [0.5, 0.6) is 11.5 Å². The van der Waals surface area contributed by atoms with E-state index in [0.717, 1.165) is 22.8 Å². The van der Waals surface area contributed by atoms with Crippen LogP contribution in [-0.2, 0) is 6.61 Å². The van der Waals surface area contributed by atoms with E-state index in [1.165, 1.54) is 0 Å².